The third kappa shape index (κ3) is 3.06. The summed E-state index contributed by atoms with van der Waals surface area (Å²) in [5, 5.41) is 9.24. The molecule has 0 spiro atoms. The van der Waals surface area contributed by atoms with Crippen molar-refractivity contribution < 1.29 is 9.53 Å². The van der Waals surface area contributed by atoms with E-state index in [2.05, 4.69) is 34.9 Å². The van der Waals surface area contributed by atoms with Gasteiger partial charge >= 0.3 is 0 Å². The van der Waals surface area contributed by atoms with Crippen LogP contribution in [0, 0.1) is 0 Å². The first kappa shape index (κ1) is 17.0. The number of thiocarbonyl (C=S) groups is 1. The van der Waals surface area contributed by atoms with Crippen molar-refractivity contribution in [3.63, 3.8) is 0 Å². The van der Waals surface area contributed by atoms with Gasteiger partial charge in [-0.2, -0.15) is 0 Å². The summed E-state index contributed by atoms with van der Waals surface area (Å²) in [4.78, 5) is 15.1. The zero-order valence-electron chi connectivity index (χ0n) is 14.6. The molecule has 2 aliphatic rings. The highest BCUT2D eigenvalue weighted by molar-refractivity contribution is 7.80. The number of hydrogen-bond acceptors (Lipinski definition) is 3. The van der Waals surface area contributed by atoms with Gasteiger partial charge < -0.3 is 20.3 Å². The van der Waals surface area contributed by atoms with Crippen molar-refractivity contribution in [2.75, 3.05) is 26.3 Å². The average Bonchev–Trinajstić information content (AvgIpc) is 2.67. The van der Waals surface area contributed by atoms with Crippen LogP contribution in [0.5, 0.6) is 0 Å². The number of benzene rings is 2. The van der Waals surface area contributed by atoms with Gasteiger partial charge in [0.05, 0.1) is 24.8 Å². The van der Waals surface area contributed by atoms with Crippen molar-refractivity contribution in [1.82, 2.24) is 15.5 Å². The van der Waals surface area contributed by atoms with Crippen LogP contribution in [-0.4, -0.2) is 42.2 Å². The number of hydrogen-bond donors (Lipinski definition) is 2. The first-order valence-corrected chi connectivity index (χ1v) is 9.19. The maximum absolute atomic E-state index is 13.3. The van der Waals surface area contributed by atoms with Crippen LogP contribution < -0.4 is 10.6 Å². The van der Waals surface area contributed by atoms with Crippen LogP contribution in [0.2, 0.25) is 0 Å². The molecule has 2 heterocycles. The van der Waals surface area contributed by atoms with Gasteiger partial charge in [0.15, 0.2) is 5.11 Å². The number of carbonyl (C=O) groups is 1. The fourth-order valence-corrected chi connectivity index (χ4v) is 3.92. The Morgan fingerprint density at radius 1 is 1.15 bits per heavy atom. The Balaban J connectivity index is 1.80. The Labute approximate surface area is 158 Å². The van der Waals surface area contributed by atoms with Crippen molar-refractivity contribution >= 4 is 34.0 Å². The zero-order chi connectivity index (χ0) is 18.1. The SMILES string of the molecule is CC1=C(C(=O)N2CCOCC2)[C@H](c2cccc3ccccc23)NC(=S)N1. The first-order valence-electron chi connectivity index (χ1n) is 8.78. The molecule has 1 atom stereocenters. The van der Waals surface area contributed by atoms with Crippen molar-refractivity contribution in [2.45, 2.75) is 13.0 Å². The fourth-order valence-electron chi connectivity index (χ4n) is 3.65. The van der Waals surface area contributed by atoms with Gasteiger partial charge in [0, 0.05) is 18.8 Å². The fraction of sp³-hybridized carbons (Fsp3) is 0.300. The molecule has 5 nitrogen and oxygen atoms in total. The molecular weight excluding hydrogens is 346 g/mol. The van der Waals surface area contributed by atoms with E-state index < -0.39 is 0 Å². The van der Waals surface area contributed by atoms with E-state index in [0.29, 0.717) is 31.4 Å². The van der Waals surface area contributed by atoms with Gasteiger partial charge in [-0.25, -0.2) is 0 Å². The lowest BCUT2D eigenvalue weighted by atomic mass is 9.90. The van der Waals surface area contributed by atoms with Crippen LogP contribution in [0.15, 0.2) is 53.7 Å². The normalized spacial score (nSPS) is 20.7. The maximum atomic E-state index is 13.3. The third-order valence-electron chi connectivity index (χ3n) is 4.93. The molecule has 1 saturated heterocycles. The molecule has 2 aliphatic heterocycles. The van der Waals surface area contributed by atoms with Gasteiger partial charge in [-0.05, 0) is 35.5 Å². The van der Waals surface area contributed by atoms with E-state index in [1.165, 1.54) is 0 Å². The van der Waals surface area contributed by atoms with Crippen LogP contribution >= 0.6 is 12.2 Å². The minimum atomic E-state index is -0.273. The van der Waals surface area contributed by atoms with E-state index in [4.69, 9.17) is 17.0 Å². The molecule has 0 aromatic heterocycles. The van der Waals surface area contributed by atoms with Crippen LogP contribution in [0.25, 0.3) is 10.8 Å². The van der Waals surface area contributed by atoms with Crippen molar-refractivity contribution in [2.24, 2.45) is 0 Å². The topological polar surface area (TPSA) is 53.6 Å². The molecular formula is C20H21N3O2S. The van der Waals surface area contributed by atoms with Gasteiger partial charge in [0.1, 0.15) is 0 Å². The highest BCUT2D eigenvalue weighted by Crippen LogP contribution is 2.33. The maximum Gasteiger partial charge on any atom is 0.254 e. The number of nitrogens with one attached hydrogen (secondary N) is 2. The number of morpholine rings is 1. The predicted octanol–water partition coefficient (Wildman–Crippen LogP) is 2.49. The van der Waals surface area contributed by atoms with Crippen LogP contribution in [0.4, 0.5) is 0 Å². The van der Waals surface area contributed by atoms with Crippen molar-refractivity contribution in [3.8, 4) is 0 Å². The number of fused-ring (bicyclic) bond motifs is 1. The Bertz CT molecular complexity index is 898. The summed E-state index contributed by atoms with van der Waals surface area (Å²) in [5.41, 5.74) is 2.59. The molecule has 4 rings (SSSR count). The molecule has 26 heavy (non-hydrogen) atoms. The molecule has 1 fully saturated rings. The molecule has 6 heteroatoms. The first-order chi connectivity index (χ1) is 12.6. The zero-order valence-corrected chi connectivity index (χ0v) is 15.4. The standard InChI is InChI=1S/C20H21N3O2S/c1-13-17(19(24)23-9-11-25-12-10-23)18(22-20(26)21-13)16-8-4-6-14-5-2-3-7-15(14)16/h2-8,18H,9-12H2,1H3,(H2,21,22,26)/t18-/m0/s1. The molecule has 0 saturated carbocycles. The summed E-state index contributed by atoms with van der Waals surface area (Å²) in [6, 6.07) is 14.1. The van der Waals surface area contributed by atoms with Gasteiger partial charge in [0.2, 0.25) is 0 Å². The minimum absolute atomic E-state index is 0.0336. The number of amides is 1. The average molecular weight is 367 g/mol. The van der Waals surface area contributed by atoms with E-state index in [1.807, 2.05) is 30.0 Å². The Morgan fingerprint density at radius 3 is 2.69 bits per heavy atom. The van der Waals surface area contributed by atoms with Gasteiger partial charge in [-0.1, -0.05) is 42.5 Å². The number of rotatable bonds is 2. The number of allylic oxidation sites excluding steroid dienone is 1. The van der Waals surface area contributed by atoms with Crippen LogP contribution in [0.3, 0.4) is 0 Å². The lowest BCUT2D eigenvalue weighted by molar-refractivity contribution is -0.131. The van der Waals surface area contributed by atoms with Gasteiger partial charge in [0.25, 0.3) is 5.91 Å². The highest BCUT2D eigenvalue weighted by atomic mass is 32.1. The van der Waals surface area contributed by atoms with Crippen molar-refractivity contribution in [3.05, 3.63) is 59.3 Å². The summed E-state index contributed by atoms with van der Waals surface area (Å²) >= 11 is 5.38. The van der Waals surface area contributed by atoms with Crippen LogP contribution in [-0.2, 0) is 9.53 Å². The van der Waals surface area contributed by atoms with Gasteiger partial charge in [-0.15, -0.1) is 0 Å². The Kier molecular flexibility index (Phi) is 4.61. The summed E-state index contributed by atoms with van der Waals surface area (Å²) in [6.45, 7) is 4.30. The summed E-state index contributed by atoms with van der Waals surface area (Å²) in [7, 11) is 0. The second kappa shape index (κ2) is 7.05. The lowest BCUT2D eigenvalue weighted by Crippen LogP contribution is -2.49. The van der Waals surface area contributed by atoms with E-state index in [0.717, 1.165) is 27.6 Å². The van der Waals surface area contributed by atoms with E-state index in [-0.39, 0.29) is 11.9 Å². The smallest absolute Gasteiger partial charge is 0.254 e. The lowest BCUT2D eigenvalue weighted by Gasteiger charge is -2.35. The van der Waals surface area contributed by atoms with E-state index in [1.54, 1.807) is 0 Å². The largest absolute Gasteiger partial charge is 0.378 e. The Morgan fingerprint density at radius 2 is 1.88 bits per heavy atom. The van der Waals surface area contributed by atoms with E-state index in [9.17, 15) is 4.79 Å². The summed E-state index contributed by atoms with van der Waals surface area (Å²) < 4.78 is 5.39. The molecule has 2 N–H and O–H groups in total. The third-order valence-corrected chi connectivity index (χ3v) is 5.15. The van der Waals surface area contributed by atoms with Crippen LogP contribution in [0.1, 0.15) is 18.5 Å². The molecule has 0 bridgehead atoms. The molecule has 0 aliphatic carbocycles. The molecule has 134 valence electrons. The number of nitrogens with zero attached hydrogens (tertiary/aromatic N) is 1. The second-order valence-electron chi connectivity index (χ2n) is 6.54. The Hall–Kier alpha value is -2.44. The predicted molar refractivity (Wildman–Crippen MR) is 106 cm³/mol. The molecule has 2 aromatic carbocycles. The number of carbonyl (C=O) groups excluding carboxylic acids is 1. The number of ether oxygens (including phenoxy) is 1. The van der Waals surface area contributed by atoms with Crippen molar-refractivity contribution in [1.29, 1.82) is 0 Å². The minimum Gasteiger partial charge on any atom is -0.378 e. The monoisotopic (exact) mass is 367 g/mol. The highest BCUT2D eigenvalue weighted by Gasteiger charge is 2.33. The molecule has 1 amide bonds. The quantitative estimate of drug-likeness (QED) is 0.799. The molecule has 0 radical (unpaired) electrons. The second-order valence-corrected chi connectivity index (χ2v) is 6.95. The van der Waals surface area contributed by atoms with E-state index >= 15 is 0 Å². The molecule has 2 aromatic rings. The summed E-state index contributed by atoms with van der Waals surface area (Å²) in [5.74, 6) is 0.0336. The molecule has 0 unspecified atom stereocenters. The van der Waals surface area contributed by atoms with Gasteiger partial charge in [-0.3, -0.25) is 4.79 Å². The summed E-state index contributed by atoms with van der Waals surface area (Å²) in [6.07, 6.45) is 0.